The van der Waals surface area contributed by atoms with Gasteiger partial charge in [0.2, 0.25) is 0 Å². The van der Waals surface area contributed by atoms with Crippen molar-refractivity contribution < 1.29 is 19.4 Å². The number of ether oxygens (including phenoxy) is 1. The van der Waals surface area contributed by atoms with Gasteiger partial charge in [-0.2, -0.15) is 0 Å². The number of hydrogen-bond acceptors (Lipinski definition) is 3. The lowest BCUT2D eigenvalue weighted by atomic mass is 10.0. The van der Waals surface area contributed by atoms with Crippen LogP contribution >= 0.6 is 0 Å². The first-order valence-electron chi connectivity index (χ1n) is 7.01. The van der Waals surface area contributed by atoms with Crippen LogP contribution in [0.4, 0.5) is 0 Å². The molecule has 0 aliphatic carbocycles. The van der Waals surface area contributed by atoms with Gasteiger partial charge < -0.3 is 14.7 Å². The molecule has 1 aliphatic rings. The SMILES string of the molecule is C=CCOc1ccccc1C(=O)N1CCCC[C@H]1C(=O)O. The van der Waals surface area contributed by atoms with E-state index in [0.29, 0.717) is 30.9 Å². The number of hydrogen-bond donors (Lipinski definition) is 1. The van der Waals surface area contributed by atoms with E-state index in [-0.39, 0.29) is 5.91 Å². The predicted molar refractivity (Wildman–Crippen MR) is 78.4 cm³/mol. The van der Waals surface area contributed by atoms with Crippen LogP contribution in [0.15, 0.2) is 36.9 Å². The van der Waals surface area contributed by atoms with Gasteiger partial charge in [0.15, 0.2) is 0 Å². The molecule has 1 fully saturated rings. The Labute approximate surface area is 123 Å². The second-order valence-corrected chi connectivity index (χ2v) is 4.94. The summed E-state index contributed by atoms with van der Waals surface area (Å²) in [6.45, 7) is 4.34. The molecule has 5 nitrogen and oxygen atoms in total. The van der Waals surface area contributed by atoms with Gasteiger partial charge in [-0.05, 0) is 31.4 Å². The van der Waals surface area contributed by atoms with E-state index >= 15 is 0 Å². The number of carboxylic acid groups (broad SMARTS) is 1. The Morgan fingerprint density at radius 1 is 1.38 bits per heavy atom. The van der Waals surface area contributed by atoms with Crippen LogP contribution in [0.3, 0.4) is 0 Å². The zero-order valence-electron chi connectivity index (χ0n) is 11.8. The molecule has 0 aromatic heterocycles. The number of carboxylic acids is 1. The standard InChI is InChI=1S/C16H19NO4/c1-2-11-21-14-9-4-3-7-12(14)15(18)17-10-6-5-8-13(17)16(19)20/h2-4,7,9,13H,1,5-6,8,10-11H2,(H,19,20)/t13-/m0/s1. The fourth-order valence-electron chi connectivity index (χ4n) is 2.50. The Morgan fingerprint density at radius 3 is 2.86 bits per heavy atom. The minimum Gasteiger partial charge on any atom is -0.489 e. The Kier molecular flexibility index (Phi) is 4.98. The number of rotatable bonds is 5. The lowest BCUT2D eigenvalue weighted by Gasteiger charge is -2.33. The molecule has 0 unspecified atom stereocenters. The van der Waals surface area contributed by atoms with Crippen molar-refractivity contribution >= 4 is 11.9 Å². The van der Waals surface area contributed by atoms with Gasteiger partial charge >= 0.3 is 5.97 Å². The number of para-hydroxylation sites is 1. The molecule has 1 heterocycles. The van der Waals surface area contributed by atoms with Crippen molar-refractivity contribution in [2.75, 3.05) is 13.2 Å². The molecule has 21 heavy (non-hydrogen) atoms. The van der Waals surface area contributed by atoms with Crippen molar-refractivity contribution in [2.24, 2.45) is 0 Å². The first kappa shape index (κ1) is 15.1. The third-order valence-corrected chi connectivity index (χ3v) is 3.52. The highest BCUT2D eigenvalue weighted by Gasteiger charge is 2.33. The van der Waals surface area contributed by atoms with Crippen LogP contribution < -0.4 is 4.74 Å². The third-order valence-electron chi connectivity index (χ3n) is 3.52. The van der Waals surface area contributed by atoms with Gasteiger partial charge in [0, 0.05) is 6.54 Å². The number of benzene rings is 1. The monoisotopic (exact) mass is 289 g/mol. The quantitative estimate of drug-likeness (QED) is 0.845. The van der Waals surface area contributed by atoms with E-state index in [1.165, 1.54) is 4.90 Å². The van der Waals surface area contributed by atoms with E-state index in [4.69, 9.17) is 4.74 Å². The number of piperidine rings is 1. The summed E-state index contributed by atoms with van der Waals surface area (Å²) < 4.78 is 5.48. The summed E-state index contributed by atoms with van der Waals surface area (Å²) in [5.74, 6) is -0.786. The smallest absolute Gasteiger partial charge is 0.326 e. The maximum atomic E-state index is 12.7. The molecule has 1 N–H and O–H groups in total. The van der Waals surface area contributed by atoms with Crippen LogP contribution in [0.2, 0.25) is 0 Å². The average Bonchev–Trinajstić information content (AvgIpc) is 2.52. The van der Waals surface area contributed by atoms with Crippen molar-refractivity contribution in [2.45, 2.75) is 25.3 Å². The summed E-state index contributed by atoms with van der Waals surface area (Å²) in [7, 11) is 0. The lowest BCUT2D eigenvalue weighted by Crippen LogP contribution is -2.48. The Balaban J connectivity index is 2.25. The second-order valence-electron chi connectivity index (χ2n) is 4.94. The van der Waals surface area contributed by atoms with Crippen molar-refractivity contribution in [3.63, 3.8) is 0 Å². The second kappa shape index (κ2) is 6.92. The molecule has 1 amide bonds. The number of carbonyl (C=O) groups excluding carboxylic acids is 1. The van der Waals surface area contributed by atoms with E-state index in [9.17, 15) is 14.7 Å². The minimum absolute atomic E-state index is 0.290. The fraction of sp³-hybridized carbons (Fsp3) is 0.375. The molecule has 0 spiro atoms. The van der Waals surface area contributed by atoms with Gasteiger partial charge in [0.25, 0.3) is 5.91 Å². The summed E-state index contributed by atoms with van der Waals surface area (Å²) in [5.41, 5.74) is 0.396. The molecule has 5 heteroatoms. The Bertz CT molecular complexity index is 541. The van der Waals surface area contributed by atoms with Crippen molar-refractivity contribution in [3.05, 3.63) is 42.5 Å². The fourth-order valence-corrected chi connectivity index (χ4v) is 2.50. The molecular weight excluding hydrogens is 270 g/mol. The molecule has 1 aromatic rings. The van der Waals surface area contributed by atoms with E-state index in [1.807, 2.05) is 0 Å². The first-order valence-corrected chi connectivity index (χ1v) is 7.01. The average molecular weight is 289 g/mol. The normalized spacial score (nSPS) is 18.1. The number of aliphatic carboxylic acids is 1. The van der Waals surface area contributed by atoms with Gasteiger partial charge in [-0.1, -0.05) is 24.8 Å². The highest BCUT2D eigenvalue weighted by atomic mass is 16.5. The molecular formula is C16H19NO4. The third kappa shape index (κ3) is 3.42. The summed E-state index contributed by atoms with van der Waals surface area (Å²) in [6.07, 6.45) is 3.75. The molecule has 0 bridgehead atoms. The van der Waals surface area contributed by atoms with Crippen LogP contribution in [-0.2, 0) is 4.79 Å². The molecule has 1 aliphatic heterocycles. The number of amides is 1. The van der Waals surface area contributed by atoms with Gasteiger partial charge in [-0.25, -0.2) is 4.79 Å². The Morgan fingerprint density at radius 2 is 2.14 bits per heavy atom. The van der Waals surface area contributed by atoms with E-state index in [2.05, 4.69) is 6.58 Å². The van der Waals surface area contributed by atoms with E-state index in [0.717, 1.165) is 12.8 Å². The number of carbonyl (C=O) groups is 2. The topological polar surface area (TPSA) is 66.8 Å². The van der Waals surface area contributed by atoms with Crippen LogP contribution in [0.25, 0.3) is 0 Å². The summed E-state index contributed by atoms with van der Waals surface area (Å²) in [6, 6.07) is 6.14. The van der Waals surface area contributed by atoms with Crippen LogP contribution in [0.5, 0.6) is 5.75 Å². The summed E-state index contributed by atoms with van der Waals surface area (Å²) in [4.78, 5) is 25.4. The molecule has 1 aromatic carbocycles. The highest BCUT2D eigenvalue weighted by molar-refractivity contribution is 5.99. The van der Waals surface area contributed by atoms with Gasteiger partial charge in [-0.3, -0.25) is 4.79 Å². The highest BCUT2D eigenvalue weighted by Crippen LogP contribution is 2.25. The van der Waals surface area contributed by atoms with Crippen molar-refractivity contribution in [1.82, 2.24) is 4.90 Å². The number of nitrogens with zero attached hydrogens (tertiary/aromatic N) is 1. The van der Waals surface area contributed by atoms with Crippen LogP contribution in [-0.4, -0.2) is 41.1 Å². The van der Waals surface area contributed by atoms with E-state index < -0.39 is 12.0 Å². The largest absolute Gasteiger partial charge is 0.489 e. The molecule has 1 atom stereocenters. The summed E-state index contributed by atoms with van der Waals surface area (Å²) in [5, 5.41) is 9.28. The summed E-state index contributed by atoms with van der Waals surface area (Å²) >= 11 is 0. The first-order chi connectivity index (χ1) is 10.1. The van der Waals surface area contributed by atoms with E-state index in [1.54, 1.807) is 30.3 Å². The molecule has 0 radical (unpaired) electrons. The molecule has 0 saturated carbocycles. The van der Waals surface area contributed by atoms with Crippen molar-refractivity contribution in [1.29, 1.82) is 0 Å². The zero-order valence-corrected chi connectivity index (χ0v) is 11.8. The van der Waals surface area contributed by atoms with Gasteiger partial charge in [0.05, 0.1) is 5.56 Å². The lowest BCUT2D eigenvalue weighted by molar-refractivity contribution is -0.143. The Hall–Kier alpha value is -2.30. The van der Waals surface area contributed by atoms with Crippen LogP contribution in [0, 0.1) is 0 Å². The molecule has 1 saturated heterocycles. The zero-order chi connectivity index (χ0) is 15.2. The maximum absolute atomic E-state index is 12.7. The minimum atomic E-state index is -0.951. The maximum Gasteiger partial charge on any atom is 0.326 e. The van der Waals surface area contributed by atoms with Gasteiger partial charge in [0.1, 0.15) is 18.4 Å². The number of likely N-dealkylation sites (tertiary alicyclic amines) is 1. The van der Waals surface area contributed by atoms with Crippen molar-refractivity contribution in [3.8, 4) is 5.75 Å². The molecule has 112 valence electrons. The van der Waals surface area contributed by atoms with Gasteiger partial charge in [-0.15, -0.1) is 0 Å². The molecule has 2 rings (SSSR count). The predicted octanol–water partition coefficient (Wildman–Crippen LogP) is 2.33. The van der Waals surface area contributed by atoms with Crippen LogP contribution in [0.1, 0.15) is 29.6 Å².